The van der Waals surface area contributed by atoms with Gasteiger partial charge in [-0.15, -0.1) is 0 Å². The van der Waals surface area contributed by atoms with Crippen LogP contribution in [0, 0.1) is 0 Å². The van der Waals surface area contributed by atoms with Crippen LogP contribution in [0.25, 0.3) is 0 Å². The van der Waals surface area contributed by atoms with E-state index in [1.165, 1.54) is 5.56 Å². The third kappa shape index (κ3) is 2.99. The van der Waals surface area contributed by atoms with E-state index in [0.29, 0.717) is 0 Å². The minimum atomic E-state index is -0.0296. The molecule has 0 heterocycles. The molecule has 0 aromatic heterocycles. The van der Waals surface area contributed by atoms with Crippen molar-refractivity contribution >= 4 is 0 Å². The molecule has 0 fully saturated rings. The maximum Gasteiger partial charge on any atom is 0.123 e. The molecule has 3 nitrogen and oxygen atoms in total. The molecule has 0 saturated heterocycles. The van der Waals surface area contributed by atoms with Crippen molar-refractivity contribution in [2.45, 2.75) is 25.4 Å². The Morgan fingerprint density at radius 3 is 2.29 bits per heavy atom. The zero-order valence-corrected chi connectivity index (χ0v) is 11.7. The third-order valence-electron chi connectivity index (χ3n) is 3.28. The molecule has 1 aromatic carbocycles. The lowest BCUT2D eigenvalue weighted by molar-refractivity contribution is 0.173. The predicted molar refractivity (Wildman–Crippen MR) is 72.6 cm³/mol. The molecule has 0 bridgehead atoms. The first-order valence-electron chi connectivity index (χ1n) is 5.92. The van der Waals surface area contributed by atoms with Crippen LogP contribution in [-0.2, 0) is 0 Å². The number of benzene rings is 1. The summed E-state index contributed by atoms with van der Waals surface area (Å²) in [6.45, 7) is 4.40. The fraction of sp³-hybridized carbons (Fsp3) is 0.571. The Bertz CT molecular complexity index is 361. The first-order valence-corrected chi connectivity index (χ1v) is 5.92. The van der Waals surface area contributed by atoms with E-state index in [4.69, 9.17) is 4.74 Å². The summed E-state index contributed by atoms with van der Waals surface area (Å²) in [7, 11) is 7.90. The summed E-state index contributed by atoms with van der Waals surface area (Å²) >= 11 is 0. The summed E-state index contributed by atoms with van der Waals surface area (Å²) in [5.74, 6) is 0.939. The molecule has 96 valence electrons. The van der Waals surface area contributed by atoms with Crippen LogP contribution in [0.15, 0.2) is 24.3 Å². The SMILES string of the molecule is CNC(C)(C)C(c1ccccc1OC)N(C)C. The summed E-state index contributed by atoms with van der Waals surface area (Å²) in [5.41, 5.74) is 1.18. The molecule has 1 N–H and O–H groups in total. The van der Waals surface area contributed by atoms with Crippen molar-refractivity contribution in [3.05, 3.63) is 29.8 Å². The van der Waals surface area contributed by atoms with Crippen molar-refractivity contribution in [3.8, 4) is 5.75 Å². The quantitative estimate of drug-likeness (QED) is 0.849. The third-order valence-corrected chi connectivity index (χ3v) is 3.28. The van der Waals surface area contributed by atoms with Crippen LogP contribution in [0.3, 0.4) is 0 Å². The van der Waals surface area contributed by atoms with Gasteiger partial charge >= 0.3 is 0 Å². The van der Waals surface area contributed by atoms with E-state index < -0.39 is 0 Å². The molecule has 1 unspecified atom stereocenters. The van der Waals surface area contributed by atoms with Crippen molar-refractivity contribution in [1.29, 1.82) is 0 Å². The molecule has 0 saturated carbocycles. The second-order valence-electron chi connectivity index (χ2n) is 5.08. The number of hydrogen-bond acceptors (Lipinski definition) is 3. The molecule has 0 aliphatic heterocycles. The summed E-state index contributed by atoms with van der Waals surface area (Å²) in [5, 5.41) is 3.38. The van der Waals surface area contributed by atoms with E-state index in [1.807, 2.05) is 19.2 Å². The van der Waals surface area contributed by atoms with E-state index in [0.717, 1.165) is 5.75 Å². The molecule has 1 atom stereocenters. The fourth-order valence-electron chi connectivity index (χ4n) is 2.34. The zero-order valence-electron chi connectivity index (χ0n) is 11.7. The first-order chi connectivity index (χ1) is 7.94. The molecule has 0 aliphatic carbocycles. The van der Waals surface area contributed by atoms with Crippen LogP contribution in [0.5, 0.6) is 5.75 Å². The highest BCUT2D eigenvalue weighted by molar-refractivity contribution is 5.37. The lowest BCUT2D eigenvalue weighted by Crippen LogP contribution is -2.48. The van der Waals surface area contributed by atoms with Crippen molar-refractivity contribution in [1.82, 2.24) is 10.2 Å². The number of nitrogens with zero attached hydrogens (tertiary/aromatic N) is 1. The van der Waals surface area contributed by atoms with Gasteiger partial charge in [-0.2, -0.15) is 0 Å². The van der Waals surface area contributed by atoms with E-state index in [1.54, 1.807) is 7.11 Å². The van der Waals surface area contributed by atoms with Crippen LogP contribution < -0.4 is 10.1 Å². The standard InChI is InChI=1S/C14H24N2O/c1-14(2,15-3)13(16(4)5)11-9-7-8-10-12(11)17-6/h7-10,13,15H,1-6H3. The summed E-state index contributed by atoms with van der Waals surface area (Å²) in [6, 6.07) is 8.45. The Morgan fingerprint density at radius 1 is 1.24 bits per heavy atom. The number of nitrogens with one attached hydrogen (secondary N) is 1. The normalized spacial score (nSPS) is 13.8. The van der Waals surface area contributed by atoms with Crippen molar-refractivity contribution in [2.75, 3.05) is 28.3 Å². The Balaban J connectivity index is 3.23. The minimum absolute atomic E-state index is 0.0296. The smallest absolute Gasteiger partial charge is 0.123 e. The van der Waals surface area contributed by atoms with E-state index in [9.17, 15) is 0 Å². The average Bonchev–Trinajstić information content (AvgIpc) is 2.29. The highest BCUT2D eigenvalue weighted by Gasteiger charge is 2.32. The van der Waals surface area contributed by atoms with Gasteiger partial charge < -0.3 is 15.0 Å². The van der Waals surface area contributed by atoms with Gasteiger partial charge in [0.05, 0.1) is 13.2 Å². The maximum atomic E-state index is 5.46. The van der Waals surface area contributed by atoms with Crippen molar-refractivity contribution in [2.24, 2.45) is 0 Å². The van der Waals surface area contributed by atoms with Gasteiger partial charge in [0.2, 0.25) is 0 Å². The fourth-order valence-corrected chi connectivity index (χ4v) is 2.34. The second-order valence-corrected chi connectivity index (χ2v) is 5.08. The largest absolute Gasteiger partial charge is 0.496 e. The van der Waals surface area contributed by atoms with E-state index in [2.05, 4.69) is 50.3 Å². The number of hydrogen-bond donors (Lipinski definition) is 1. The molecule has 1 aromatic rings. The Kier molecular flexibility index (Phi) is 4.54. The number of ether oxygens (including phenoxy) is 1. The van der Waals surface area contributed by atoms with Crippen molar-refractivity contribution in [3.63, 3.8) is 0 Å². The predicted octanol–water partition coefficient (Wildman–Crippen LogP) is 2.30. The number of para-hydroxylation sites is 1. The molecule has 17 heavy (non-hydrogen) atoms. The second kappa shape index (κ2) is 5.52. The molecular weight excluding hydrogens is 212 g/mol. The number of methoxy groups -OCH3 is 1. The van der Waals surface area contributed by atoms with Gasteiger partial charge in [-0.25, -0.2) is 0 Å². The van der Waals surface area contributed by atoms with Crippen LogP contribution in [0.1, 0.15) is 25.5 Å². The van der Waals surface area contributed by atoms with Crippen LogP contribution in [0.2, 0.25) is 0 Å². The average molecular weight is 236 g/mol. The highest BCUT2D eigenvalue weighted by Crippen LogP contribution is 2.35. The van der Waals surface area contributed by atoms with Gasteiger partial charge in [0.15, 0.2) is 0 Å². The van der Waals surface area contributed by atoms with Gasteiger partial charge in [-0.05, 0) is 41.1 Å². The Hall–Kier alpha value is -1.06. The molecule has 0 radical (unpaired) electrons. The van der Waals surface area contributed by atoms with E-state index >= 15 is 0 Å². The molecular formula is C14H24N2O. The summed E-state index contributed by atoms with van der Waals surface area (Å²) in [4.78, 5) is 2.22. The van der Waals surface area contributed by atoms with Gasteiger partial charge in [0.1, 0.15) is 5.75 Å². The van der Waals surface area contributed by atoms with E-state index in [-0.39, 0.29) is 11.6 Å². The topological polar surface area (TPSA) is 24.5 Å². The number of likely N-dealkylation sites (N-methyl/N-ethyl adjacent to an activating group) is 2. The molecule has 0 aliphatic rings. The molecule has 0 amide bonds. The maximum absolute atomic E-state index is 5.46. The minimum Gasteiger partial charge on any atom is -0.496 e. The monoisotopic (exact) mass is 236 g/mol. The highest BCUT2D eigenvalue weighted by atomic mass is 16.5. The number of rotatable bonds is 5. The van der Waals surface area contributed by atoms with Crippen LogP contribution in [0.4, 0.5) is 0 Å². The van der Waals surface area contributed by atoms with Gasteiger partial charge in [-0.1, -0.05) is 18.2 Å². The summed E-state index contributed by atoms with van der Waals surface area (Å²) < 4.78 is 5.46. The molecule has 0 spiro atoms. The Labute approximate surface area is 105 Å². The van der Waals surface area contributed by atoms with Crippen molar-refractivity contribution < 1.29 is 4.74 Å². The summed E-state index contributed by atoms with van der Waals surface area (Å²) in [6.07, 6.45) is 0. The van der Waals surface area contributed by atoms with Crippen LogP contribution in [-0.4, -0.2) is 38.7 Å². The molecule has 1 rings (SSSR count). The Morgan fingerprint density at radius 2 is 1.82 bits per heavy atom. The van der Waals surface area contributed by atoms with Gasteiger partial charge in [-0.3, -0.25) is 0 Å². The molecule has 3 heteroatoms. The lowest BCUT2D eigenvalue weighted by Gasteiger charge is -2.39. The zero-order chi connectivity index (χ0) is 13.1. The first kappa shape index (κ1) is 14.0. The van der Waals surface area contributed by atoms with Crippen LogP contribution >= 0.6 is 0 Å². The lowest BCUT2D eigenvalue weighted by atomic mass is 9.87. The van der Waals surface area contributed by atoms with Gasteiger partial charge in [0, 0.05) is 11.1 Å². The van der Waals surface area contributed by atoms with Gasteiger partial charge in [0.25, 0.3) is 0 Å².